The number of benzene rings is 1. The first-order chi connectivity index (χ1) is 9.66. The molecule has 0 atom stereocenters. The summed E-state index contributed by atoms with van der Waals surface area (Å²) in [5, 5.41) is 2.87. The average Bonchev–Trinajstić information content (AvgIpc) is 3.30. The number of nitrogens with zero attached hydrogens (tertiary/aromatic N) is 2. The highest BCUT2D eigenvalue weighted by Crippen LogP contribution is 2.24. The van der Waals surface area contributed by atoms with E-state index >= 15 is 0 Å². The van der Waals surface area contributed by atoms with Gasteiger partial charge in [0.05, 0.1) is 6.54 Å². The Morgan fingerprint density at radius 3 is 2.67 bits per heavy atom. The minimum Gasteiger partial charge on any atom is -0.370 e. The van der Waals surface area contributed by atoms with E-state index in [1.54, 1.807) is 0 Å². The lowest BCUT2D eigenvalue weighted by Gasteiger charge is -2.16. The molecule has 1 aliphatic carbocycles. The van der Waals surface area contributed by atoms with E-state index in [0.717, 1.165) is 5.56 Å². The Kier molecular flexibility index (Phi) is 7.49. The Morgan fingerprint density at radius 1 is 1.38 bits per heavy atom. The molecule has 0 spiro atoms. The highest BCUT2D eigenvalue weighted by molar-refractivity contribution is 14.0. The number of carbonyl (C=O) groups excluding carboxylic acids is 1. The van der Waals surface area contributed by atoms with Crippen LogP contribution in [-0.4, -0.2) is 36.4 Å². The fraction of sp³-hybridized carbons (Fsp3) is 0.467. The van der Waals surface area contributed by atoms with Crippen molar-refractivity contribution < 1.29 is 4.79 Å². The first kappa shape index (κ1) is 17.7. The molecule has 1 aromatic rings. The summed E-state index contributed by atoms with van der Waals surface area (Å²) in [5.41, 5.74) is 6.95. The molecule has 5 nitrogen and oxygen atoms in total. The van der Waals surface area contributed by atoms with E-state index in [1.165, 1.54) is 12.8 Å². The predicted octanol–water partition coefficient (Wildman–Crippen LogP) is 1.72. The molecule has 1 saturated carbocycles. The third-order valence-electron chi connectivity index (χ3n) is 3.40. The standard InChI is InChI=1S/C15H22N4O.HI/c1-19(13-7-8-13)15(16)17-10-9-14(20)18-11-12-5-3-2-4-6-12;/h2-6,13H,7-11H2,1H3,(H2,16,17)(H,18,20);1H. The Hall–Kier alpha value is -1.31. The van der Waals surface area contributed by atoms with E-state index in [2.05, 4.69) is 10.3 Å². The molecule has 1 aromatic carbocycles. The van der Waals surface area contributed by atoms with Gasteiger partial charge in [0.2, 0.25) is 5.91 Å². The summed E-state index contributed by atoms with van der Waals surface area (Å²) in [6, 6.07) is 10.4. The van der Waals surface area contributed by atoms with Crippen LogP contribution in [0.4, 0.5) is 0 Å². The maximum Gasteiger partial charge on any atom is 0.222 e. The Labute approximate surface area is 143 Å². The lowest BCUT2D eigenvalue weighted by atomic mass is 10.2. The normalized spacial score (nSPS) is 14.2. The molecular weight excluding hydrogens is 379 g/mol. The van der Waals surface area contributed by atoms with Gasteiger partial charge in [-0.25, -0.2) is 0 Å². The molecule has 1 fully saturated rings. The molecule has 21 heavy (non-hydrogen) atoms. The van der Waals surface area contributed by atoms with Crippen LogP contribution in [0.15, 0.2) is 35.3 Å². The van der Waals surface area contributed by atoms with E-state index < -0.39 is 0 Å². The molecule has 0 heterocycles. The van der Waals surface area contributed by atoms with Gasteiger partial charge in [-0.15, -0.1) is 24.0 Å². The van der Waals surface area contributed by atoms with Crippen molar-refractivity contribution in [3.63, 3.8) is 0 Å². The third-order valence-corrected chi connectivity index (χ3v) is 3.40. The Morgan fingerprint density at radius 2 is 2.05 bits per heavy atom. The van der Waals surface area contributed by atoms with E-state index in [1.807, 2.05) is 42.3 Å². The lowest BCUT2D eigenvalue weighted by Crippen LogP contribution is -2.36. The van der Waals surface area contributed by atoms with Crippen LogP contribution in [0.1, 0.15) is 24.8 Å². The molecule has 0 bridgehead atoms. The zero-order chi connectivity index (χ0) is 14.4. The molecule has 0 radical (unpaired) electrons. The molecule has 1 aliphatic rings. The van der Waals surface area contributed by atoms with Crippen LogP contribution >= 0.6 is 24.0 Å². The number of halogens is 1. The molecule has 2 rings (SSSR count). The van der Waals surface area contributed by atoms with Crippen LogP contribution in [0.25, 0.3) is 0 Å². The number of guanidine groups is 1. The fourth-order valence-corrected chi connectivity index (χ4v) is 1.92. The van der Waals surface area contributed by atoms with E-state index in [4.69, 9.17) is 5.73 Å². The van der Waals surface area contributed by atoms with E-state index in [9.17, 15) is 4.79 Å². The summed E-state index contributed by atoms with van der Waals surface area (Å²) in [7, 11) is 1.95. The summed E-state index contributed by atoms with van der Waals surface area (Å²) >= 11 is 0. The van der Waals surface area contributed by atoms with Crippen LogP contribution in [-0.2, 0) is 11.3 Å². The molecule has 6 heteroatoms. The number of nitrogens with one attached hydrogen (secondary N) is 1. The monoisotopic (exact) mass is 402 g/mol. The summed E-state index contributed by atoms with van der Waals surface area (Å²) in [4.78, 5) is 17.9. The van der Waals surface area contributed by atoms with Crippen molar-refractivity contribution in [2.75, 3.05) is 13.6 Å². The van der Waals surface area contributed by atoms with Gasteiger partial charge < -0.3 is 16.0 Å². The molecule has 0 unspecified atom stereocenters. The van der Waals surface area contributed by atoms with Gasteiger partial charge in [0, 0.05) is 26.1 Å². The van der Waals surface area contributed by atoms with Crippen molar-refractivity contribution in [3.8, 4) is 0 Å². The first-order valence-corrected chi connectivity index (χ1v) is 7.00. The van der Waals surface area contributed by atoms with Gasteiger partial charge >= 0.3 is 0 Å². The van der Waals surface area contributed by atoms with Crippen molar-refractivity contribution in [3.05, 3.63) is 35.9 Å². The zero-order valence-corrected chi connectivity index (χ0v) is 14.6. The van der Waals surface area contributed by atoms with Gasteiger partial charge in [0.25, 0.3) is 0 Å². The quantitative estimate of drug-likeness (QED) is 0.433. The second kappa shape index (κ2) is 8.86. The van der Waals surface area contributed by atoms with Gasteiger partial charge in [0.1, 0.15) is 0 Å². The summed E-state index contributed by atoms with van der Waals surface area (Å²) in [6.07, 6.45) is 2.74. The SMILES string of the molecule is CN(C(N)=NCCC(=O)NCc1ccccc1)C1CC1.I. The predicted molar refractivity (Wildman–Crippen MR) is 95.6 cm³/mol. The summed E-state index contributed by atoms with van der Waals surface area (Å²) < 4.78 is 0. The van der Waals surface area contributed by atoms with Crippen LogP contribution < -0.4 is 11.1 Å². The second-order valence-electron chi connectivity index (χ2n) is 5.09. The first-order valence-electron chi connectivity index (χ1n) is 7.00. The highest BCUT2D eigenvalue weighted by Gasteiger charge is 2.27. The van der Waals surface area contributed by atoms with Gasteiger partial charge in [0.15, 0.2) is 5.96 Å². The van der Waals surface area contributed by atoms with Gasteiger partial charge in [-0.1, -0.05) is 30.3 Å². The highest BCUT2D eigenvalue weighted by atomic mass is 127. The van der Waals surface area contributed by atoms with Crippen LogP contribution in [0.3, 0.4) is 0 Å². The number of hydrogen-bond acceptors (Lipinski definition) is 2. The third kappa shape index (κ3) is 6.33. The minimum atomic E-state index is -0.000483. The minimum absolute atomic E-state index is 0. The topological polar surface area (TPSA) is 70.7 Å². The van der Waals surface area contributed by atoms with Crippen molar-refractivity contribution in [2.45, 2.75) is 31.8 Å². The van der Waals surface area contributed by atoms with Gasteiger partial charge in [-0.05, 0) is 18.4 Å². The molecule has 0 saturated heterocycles. The van der Waals surface area contributed by atoms with Crippen LogP contribution in [0.2, 0.25) is 0 Å². The number of hydrogen-bond donors (Lipinski definition) is 2. The van der Waals surface area contributed by atoms with Crippen LogP contribution in [0, 0.1) is 0 Å². The molecule has 3 N–H and O–H groups in total. The number of rotatable bonds is 6. The molecule has 1 amide bonds. The molecule has 116 valence electrons. The Bertz CT molecular complexity index is 474. The van der Waals surface area contributed by atoms with Crippen molar-refractivity contribution in [2.24, 2.45) is 10.7 Å². The summed E-state index contributed by atoms with van der Waals surface area (Å²) in [5.74, 6) is 0.530. The van der Waals surface area contributed by atoms with Gasteiger partial charge in [-0.3, -0.25) is 9.79 Å². The average molecular weight is 402 g/mol. The zero-order valence-electron chi connectivity index (χ0n) is 12.3. The molecule has 0 aliphatic heterocycles. The smallest absolute Gasteiger partial charge is 0.222 e. The molecule has 0 aromatic heterocycles. The fourth-order valence-electron chi connectivity index (χ4n) is 1.92. The van der Waals surface area contributed by atoms with Gasteiger partial charge in [-0.2, -0.15) is 0 Å². The maximum absolute atomic E-state index is 11.7. The van der Waals surface area contributed by atoms with Crippen molar-refractivity contribution in [1.82, 2.24) is 10.2 Å². The molecular formula is C15H23IN4O. The largest absolute Gasteiger partial charge is 0.370 e. The number of aliphatic imine (C=N–C) groups is 1. The summed E-state index contributed by atoms with van der Waals surface area (Å²) in [6.45, 7) is 0.990. The van der Waals surface area contributed by atoms with E-state index in [0.29, 0.717) is 31.5 Å². The van der Waals surface area contributed by atoms with Crippen LogP contribution in [0.5, 0.6) is 0 Å². The number of nitrogens with two attached hydrogens (primary N) is 1. The maximum atomic E-state index is 11.7. The van der Waals surface area contributed by atoms with Crippen molar-refractivity contribution >= 4 is 35.8 Å². The number of amides is 1. The number of carbonyl (C=O) groups is 1. The van der Waals surface area contributed by atoms with Crippen molar-refractivity contribution in [1.29, 1.82) is 0 Å². The lowest BCUT2D eigenvalue weighted by molar-refractivity contribution is -0.121. The Balaban J connectivity index is 0.00000220. The van der Waals surface area contributed by atoms with E-state index in [-0.39, 0.29) is 29.9 Å². The second-order valence-corrected chi connectivity index (χ2v) is 5.09.